The van der Waals surface area contributed by atoms with Crippen LogP contribution < -0.4 is 14.8 Å². The first-order valence-corrected chi connectivity index (χ1v) is 9.29. The second-order valence-corrected chi connectivity index (χ2v) is 7.23. The van der Waals surface area contributed by atoms with Crippen LogP contribution in [-0.4, -0.2) is 24.1 Å². The van der Waals surface area contributed by atoms with Crippen LogP contribution in [0.3, 0.4) is 0 Å². The molecule has 2 aromatic carbocycles. The molecule has 7 heteroatoms. The Morgan fingerprint density at radius 1 is 1.19 bits per heavy atom. The lowest BCUT2D eigenvalue weighted by atomic mass is 10.1. The first kappa shape index (κ1) is 16.9. The Morgan fingerprint density at radius 2 is 1.96 bits per heavy atom. The predicted octanol–water partition coefficient (Wildman–Crippen LogP) is 4.80. The number of aryl methyl sites for hydroxylation is 1. The van der Waals surface area contributed by atoms with Crippen molar-refractivity contribution in [2.45, 2.75) is 6.92 Å². The van der Waals surface area contributed by atoms with Gasteiger partial charge in [-0.2, -0.15) is 0 Å². The number of thiazole rings is 1. The Kier molecular flexibility index (Phi) is 4.53. The lowest BCUT2D eigenvalue weighted by molar-refractivity contribution is 0.102. The fourth-order valence-electron chi connectivity index (χ4n) is 2.67. The van der Waals surface area contributed by atoms with Gasteiger partial charge in [-0.25, -0.2) is 4.98 Å². The Balaban J connectivity index is 1.52. The second-order valence-electron chi connectivity index (χ2n) is 5.77. The number of carbonyl (C=O) groups is 1. The van der Waals surface area contributed by atoms with Crippen molar-refractivity contribution < 1.29 is 14.3 Å². The summed E-state index contributed by atoms with van der Waals surface area (Å²) in [6.07, 6.45) is 0. The number of fused-ring (bicyclic) bond motifs is 1. The van der Waals surface area contributed by atoms with Gasteiger partial charge in [0, 0.05) is 22.2 Å². The van der Waals surface area contributed by atoms with E-state index in [1.165, 1.54) is 0 Å². The van der Waals surface area contributed by atoms with E-state index < -0.39 is 0 Å². The summed E-state index contributed by atoms with van der Waals surface area (Å²) >= 11 is 7.80. The SMILES string of the molecule is Cc1nc(-c2ccc(NC(=O)c3cc(Cl)c4c(c3)OCCO4)cc2)cs1. The van der Waals surface area contributed by atoms with Gasteiger partial charge in [-0.1, -0.05) is 23.7 Å². The zero-order valence-electron chi connectivity index (χ0n) is 13.9. The van der Waals surface area contributed by atoms with E-state index in [9.17, 15) is 4.79 Å². The third kappa shape index (κ3) is 3.38. The average molecular weight is 387 g/mol. The number of anilines is 1. The first-order valence-electron chi connectivity index (χ1n) is 8.03. The number of carbonyl (C=O) groups excluding carboxylic acids is 1. The van der Waals surface area contributed by atoms with Crippen LogP contribution in [0.4, 0.5) is 5.69 Å². The molecule has 5 nitrogen and oxygen atoms in total. The molecule has 1 N–H and O–H groups in total. The summed E-state index contributed by atoms with van der Waals surface area (Å²) in [5.74, 6) is 0.710. The molecule has 0 saturated carbocycles. The molecule has 0 fully saturated rings. The number of aromatic nitrogens is 1. The molecule has 0 atom stereocenters. The van der Waals surface area contributed by atoms with Crippen molar-refractivity contribution in [2.75, 3.05) is 18.5 Å². The highest BCUT2D eigenvalue weighted by molar-refractivity contribution is 7.09. The number of ether oxygens (including phenoxy) is 2. The second kappa shape index (κ2) is 6.97. The molecular weight excluding hydrogens is 372 g/mol. The van der Waals surface area contributed by atoms with E-state index in [1.807, 2.05) is 36.6 Å². The largest absolute Gasteiger partial charge is 0.486 e. The van der Waals surface area contributed by atoms with Crippen molar-refractivity contribution in [3.05, 3.63) is 57.4 Å². The number of benzene rings is 2. The van der Waals surface area contributed by atoms with E-state index in [0.717, 1.165) is 16.3 Å². The topological polar surface area (TPSA) is 60.5 Å². The maximum Gasteiger partial charge on any atom is 0.255 e. The molecule has 26 heavy (non-hydrogen) atoms. The van der Waals surface area contributed by atoms with E-state index in [-0.39, 0.29) is 5.91 Å². The fourth-order valence-corrected chi connectivity index (χ4v) is 3.55. The molecule has 132 valence electrons. The van der Waals surface area contributed by atoms with Crippen LogP contribution in [0, 0.1) is 6.92 Å². The van der Waals surface area contributed by atoms with Gasteiger partial charge in [0.25, 0.3) is 5.91 Å². The maximum atomic E-state index is 12.5. The summed E-state index contributed by atoms with van der Waals surface area (Å²) in [5, 5.41) is 6.26. The van der Waals surface area contributed by atoms with Crippen LogP contribution in [0.25, 0.3) is 11.3 Å². The molecule has 1 aliphatic rings. The van der Waals surface area contributed by atoms with Crippen LogP contribution in [0.15, 0.2) is 41.8 Å². The zero-order chi connectivity index (χ0) is 18.1. The first-order chi connectivity index (χ1) is 12.6. The average Bonchev–Trinajstić information content (AvgIpc) is 3.09. The van der Waals surface area contributed by atoms with E-state index in [2.05, 4.69) is 10.3 Å². The predicted molar refractivity (Wildman–Crippen MR) is 103 cm³/mol. The minimum Gasteiger partial charge on any atom is -0.486 e. The van der Waals surface area contributed by atoms with Gasteiger partial charge in [-0.3, -0.25) is 4.79 Å². The number of amides is 1. The quantitative estimate of drug-likeness (QED) is 0.702. The fraction of sp³-hybridized carbons (Fsp3) is 0.158. The molecule has 0 radical (unpaired) electrons. The monoisotopic (exact) mass is 386 g/mol. The highest BCUT2D eigenvalue weighted by atomic mass is 35.5. The van der Waals surface area contributed by atoms with Crippen LogP contribution in [0.1, 0.15) is 15.4 Å². The van der Waals surface area contributed by atoms with Crippen molar-refractivity contribution in [3.8, 4) is 22.8 Å². The number of hydrogen-bond donors (Lipinski definition) is 1. The molecule has 1 aliphatic heterocycles. The van der Waals surface area contributed by atoms with Crippen molar-refractivity contribution >= 4 is 34.5 Å². The minimum atomic E-state index is -0.263. The number of nitrogens with zero attached hydrogens (tertiary/aromatic N) is 1. The summed E-state index contributed by atoms with van der Waals surface area (Å²) < 4.78 is 11.0. The van der Waals surface area contributed by atoms with Crippen molar-refractivity contribution in [2.24, 2.45) is 0 Å². The number of rotatable bonds is 3. The van der Waals surface area contributed by atoms with Crippen molar-refractivity contribution in [1.29, 1.82) is 0 Å². The van der Waals surface area contributed by atoms with Gasteiger partial charge in [0.15, 0.2) is 11.5 Å². The van der Waals surface area contributed by atoms with Crippen LogP contribution in [-0.2, 0) is 0 Å². The van der Waals surface area contributed by atoms with Crippen LogP contribution in [0.5, 0.6) is 11.5 Å². The molecule has 2 heterocycles. The summed E-state index contributed by atoms with van der Waals surface area (Å²) in [4.78, 5) is 17.0. The minimum absolute atomic E-state index is 0.263. The molecule has 0 bridgehead atoms. The zero-order valence-corrected chi connectivity index (χ0v) is 15.5. The van der Waals surface area contributed by atoms with E-state index in [4.69, 9.17) is 21.1 Å². The number of hydrogen-bond acceptors (Lipinski definition) is 5. The highest BCUT2D eigenvalue weighted by Gasteiger charge is 2.19. The van der Waals surface area contributed by atoms with Crippen LogP contribution >= 0.6 is 22.9 Å². The van der Waals surface area contributed by atoms with Gasteiger partial charge in [-0.05, 0) is 31.2 Å². The van der Waals surface area contributed by atoms with Gasteiger partial charge < -0.3 is 14.8 Å². The van der Waals surface area contributed by atoms with Crippen molar-refractivity contribution in [1.82, 2.24) is 4.98 Å². The Bertz CT molecular complexity index is 969. The Labute approximate surface area is 159 Å². The van der Waals surface area contributed by atoms with Crippen molar-refractivity contribution in [3.63, 3.8) is 0 Å². The summed E-state index contributed by atoms with van der Waals surface area (Å²) in [6.45, 7) is 2.86. The van der Waals surface area contributed by atoms with Gasteiger partial charge in [-0.15, -0.1) is 11.3 Å². The van der Waals surface area contributed by atoms with Gasteiger partial charge in [0.1, 0.15) is 13.2 Å². The van der Waals surface area contributed by atoms with E-state index in [1.54, 1.807) is 23.5 Å². The molecule has 4 rings (SSSR count). The molecule has 0 aliphatic carbocycles. The van der Waals surface area contributed by atoms with Gasteiger partial charge >= 0.3 is 0 Å². The standard InChI is InChI=1S/C19H15ClN2O3S/c1-11-21-16(10-26-11)12-2-4-14(5-3-12)22-19(23)13-8-15(20)18-17(9-13)24-6-7-25-18/h2-5,8-10H,6-7H2,1H3,(H,22,23). The van der Waals surface area contributed by atoms with Gasteiger partial charge in [0.2, 0.25) is 0 Å². The number of nitrogens with one attached hydrogen (secondary N) is 1. The third-order valence-electron chi connectivity index (χ3n) is 3.92. The molecule has 1 aromatic heterocycles. The summed E-state index contributed by atoms with van der Waals surface area (Å²) in [5.41, 5.74) is 3.05. The smallest absolute Gasteiger partial charge is 0.255 e. The summed E-state index contributed by atoms with van der Waals surface area (Å²) in [6, 6.07) is 10.8. The molecule has 3 aromatic rings. The lowest BCUT2D eigenvalue weighted by Crippen LogP contribution is -2.17. The molecule has 1 amide bonds. The van der Waals surface area contributed by atoms with E-state index >= 15 is 0 Å². The third-order valence-corrected chi connectivity index (χ3v) is 4.97. The normalized spacial score (nSPS) is 12.7. The molecule has 0 saturated heterocycles. The lowest BCUT2D eigenvalue weighted by Gasteiger charge is -2.20. The number of halogens is 1. The molecular formula is C19H15ClN2O3S. The van der Waals surface area contributed by atoms with E-state index in [0.29, 0.717) is 41.0 Å². The maximum absolute atomic E-state index is 12.5. The van der Waals surface area contributed by atoms with Crippen LogP contribution in [0.2, 0.25) is 5.02 Å². The van der Waals surface area contributed by atoms with Gasteiger partial charge in [0.05, 0.1) is 15.7 Å². The summed E-state index contributed by atoms with van der Waals surface area (Å²) in [7, 11) is 0. The molecule has 0 spiro atoms. The Hall–Kier alpha value is -2.57. The highest BCUT2D eigenvalue weighted by Crippen LogP contribution is 2.38. The molecule has 0 unspecified atom stereocenters. The Morgan fingerprint density at radius 3 is 2.69 bits per heavy atom.